The Hall–Kier alpha value is -2.79. The minimum Gasteiger partial charge on any atom is -0.492 e. The lowest BCUT2D eigenvalue weighted by atomic mass is 10.0. The number of carboxylic acid groups (broad SMARTS) is 1. The summed E-state index contributed by atoms with van der Waals surface area (Å²) < 4.78 is 48.7. The van der Waals surface area contributed by atoms with E-state index < -0.39 is 27.9 Å². The largest absolute Gasteiger partial charge is 0.492 e. The Labute approximate surface area is 190 Å². The normalized spacial score (nSPS) is 24.6. The van der Waals surface area contributed by atoms with Crippen LogP contribution in [0.15, 0.2) is 47.4 Å². The average molecular weight is 475 g/mol. The Balaban J connectivity index is 1.36. The summed E-state index contributed by atoms with van der Waals surface area (Å²) in [5.74, 6) is -1.64. The molecule has 1 aliphatic carbocycles. The molecule has 0 amide bonds. The van der Waals surface area contributed by atoms with E-state index >= 15 is 0 Å². The lowest BCUT2D eigenvalue weighted by molar-refractivity contribution is 0.00991. The van der Waals surface area contributed by atoms with Crippen LogP contribution < -0.4 is 9.46 Å². The Morgan fingerprint density at radius 2 is 2.06 bits per heavy atom. The van der Waals surface area contributed by atoms with Gasteiger partial charge in [0.1, 0.15) is 17.1 Å². The van der Waals surface area contributed by atoms with Gasteiger partial charge in [-0.15, -0.1) is 0 Å². The number of likely N-dealkylation sites (tertiary alicyclic amines) is 1. The number of aliphatic hydroxyl groups is 1. The van der Waals surface area contributed by atoms with Crippen LogP contribution in [0.1, 0.15) is 27.4 Å². The molecule has 1 saturated carbocycles. The van der Waals surface area contributed by atoms with Crippen LogP contribution in [0.5, 0.6) is 5.75 Å². The molecule has 0 radical (unpaired) electrons. The lowest BCUT2D eigenvalue weighted by Crippen LogP contribution is -2.50. The van der Waals surface area contributed by atoms with Gasteiger partial charge in [-0.1, -0.05) is 24.3 Å². The summed E-state index contributed by atoms with van der Waals surface area (Å²) in [7, 11) is -3.98. The highest BCUT2D eigenvalue weighted by Crippen LogP contribution is 2.55. The van der Waals surface area contributed by atoms with Gasteiger partial charge in [-0.2, -0.15) is 0 Å². The fourth-order valence-electron chi connectivity index (χ4n) is 4.65. The summed E-state index contributed by atoms with van der Waals surface area (Å²) in [5.41, 5.74) is 0.965. The molecule has 10 heteroatoms. The smallest absolute Gasteiger partial charge is 0.339 e. The fraction of sp³-hybridized carbons (Fsp3) is 0.348. The number of ether oxygens (including phenoxy) is 1. The molecule has 33 heavy (non-hydrogen) atoms. The van der Waals surface area contributed by atoms with Crippen molar-refractivity contribution in [2.24, 2.45) is 5.92 Å². The van der Waals surface area contributed by atoms with Gasteiger partial charge >= 0.3 is 5.97 Å². The molecular weight excluding hydrogens is 451 g/mol. The van der Waals surface area contributed by atoms with E-state index in [4.69, 9.17) is 4.74 Å². The molecule has 3 unspecified atom stereocenters. The second kappa shape index (κ2) is 8.21. The number of nitrogens with zero attached hydrogens (tertiary/aromatic N) is 1. The summed E-state index contributed by atoms with van der Waals surface area (Å²) in [4.78, 5) is 13.4. The van der Waals surface area contributed by atoms with Gasteiger partial charge in [-0.05, 0) is 29.8 Å². The quantitative estimate of drug-likeness (QED) is 0.559. The summed E-state index contributed by atoms with van der Waals surface area (Å²) >= 11 is 0. The first-order valence-electron chi connectivity index (χ1n) is 10.6. The van der Waals surface area contributed by atoms with Gasteiger partial charge in [0.15, 0.2) is 0 Å². The minimum atomic E-state index is -3.98. The topological polar surface area (TPSA) is 116 Å². The van der Waals surface area contributed by atoms with E-state index in [9.17, 15) is 27.8 Å². The summed E-state index contributed by atoms with van der Waals surface area (Å²) in [6, 6.07) is 7.92. The Bertz CT molecular complexity index is 1240. The number of benzene rings is 2. The van der Waals surface area contributed by atoms with E-state index in [2.05, 4.69) is 4.72 Å². The molecule has 3 aliphatic rings. The third kappa shape index (κ3) is 4.15. The highest BCUT2D eigenvalue weighted by Gasteiger charge is 2.57. The first-order valence-corrected chi connectivity index (χ1v) is 12.1. The Morgan fingerprint density at radius 1 is 1.27 bits per heavy atom. The van der Waals surface area contributed by atoms with Gasteiger partial charge < -0.3 is 14.9 Å². The Kier molecular flexibility index (Phi) is 5.48. The number of carboxylic acids is 1. The SMILES string of the molecule is O=C(O)c1cccc2c1OCC1C(NS(=O)(=O)c3ccc(F)cc3/C=C\CN3CC(O)C3)C21. The maximum atomic E-state index is 13.9. The van der Waals surface area contributed by atoms with E-state index in [-0.39, 0.29) is 46.3 Å². The maximum Gasteiger partial charge on any atom is 0.339 e. The average Bonchev–Trinajstić information content (AvgIpc) is 3.44. The van der Waals surface area contributed by atoms with Crippen molar-refractivity contribution in [3.8, 4) is 5.75 Å². The number of hydrogen-bond donors (Lipinski definition) is 3. The van der Waals surface area contributed by atoms with Crippen LogP contribution in [0, 0.1) is 11.7 Å². The van der Waals surface area contributed by atoms with Crippen molar-refractivity contribution < 1.29 is 32.6 Å². The molecular formula is C23H23FN2O6S. The van der Waals surface area contributed by atoms with Crippen molar-refractivity contribution in [2.75, 3.05) is 26.2 Å². The second-order valence-corrected chi connectivity index (χ2v) is 10.3. The summed E-state index contributed by atoms with van der Waals surface area (Å²) in [6.45, 7) is 1.84. The van der Waals surface area contributed by atoms with Gasteiger partial charge in [0.05, 0.1) is 17.6 Å². The van der Waals surface area contributed by atoms with Gasteiger partial charge in [0, 0.05) is 43.1 Å². The van der Waals surface area contributed by atoms with Crippen molar-refractivity contribution in [3.63, 3.8) is 0 Å². The standard InChI is InChI=1S/C23H23FN2O6S/c24-14-6-7-19(13(9-14)3-2-8-26-10-15(27)11-26)33(30,31)25-21-18-12-32-22-16(20(18)21)4-1-5-17(22)23(28)29/h1-7,9,15,18,20-21,25,27H,8,10-12H2,(H,28,29)/b3-2-. The monoisotopic (exact) mass is 474 g/mol. The number of fused-ring (bicyclic) bond motifs is 3. The summed E-state index contributed by atoms with van der Waals surface area (Å²) in [6.07, 6.45) is 2.98. The first-order chi connectivity index (χ1) is 15.7. The second-order valence-electron chi connectivity index (χ2n) is 8.63. The molecule has 2 aliphatic heterocycles. The Morgan fingerprint density at radius 3 is 2.79 bits per heavy atom. The number of rotatable bonds is 7. The van der Waals surface area contributed by atoms with E-state index in [0.29, 0.717) is 25.2 Å². The van der Waals surface area contributed by atoms with Gasteiger partial charge in [-0.3, -0.25) is 4.90 Å². The van der Waals surface area contributed by atoms with Crippen LogP contribution in [0.2, 0.25) is 0 Å². The molecule has 0 spiro atoms. The fourth-order valence-corrected chi connectivity index (χ4v) is 6.14. The highest BCUT2D eigenvalue weighted by atomic mass is 32.2. The van der Waals surface area contributed by atoms with Crippen molar-refractivity contribution in [3.05, 3.63) is 65.0 Å². The molecule has 0 bridgehead atoms. The number of carbonyl (C=O) groups is 1. The van der Waals surface area contributed by atoms with Crippen molar-refractivity contribution in [1.29, 1.82) is 0 Å². The number of β-amino-alcohol motifs (C(OH)–C–C–N with tert-alkyl or cyclic N) is 1. The van der Waals surface area contributed by atoms with Crippen LogP contribution in [0.3, 0.4) is 0 Å². The number of sulfonamides is 1. The van der Waals surface area contributed by atoms with Gasteiger partial charge in [0.25, 0.3) is 0 Å². The van der Waals surface area contributed by atoms with Crippen LogP contribution in [-0.2, 0) is 10.0 Å². The van der Waals surface area contributed by atoms with E-state index in [1.807, 2.05) is 4.90 Å². The number of aromatic carboxylic acids is 1. The third-order valence-corrected chi connectivity index (χ3v) is 7.91. The van der Waals surface area contributed by atoms with Crippen molar-refractivity contribution >= 4 is 22.1 Å². The zero-order chi connectivity index (χ0) is 23.3. The van der Waals surface area contributed by atoms with Crippen LogP contribution in [-0.4, -0.2) is 67.9 Å². The van der Waals surface area contributed by atoms with Gasteiger partial charge in [-0.25, -0.2) is 22.3 Å². The molecule has 1 saturated heterocycles. The summed E-state index contributed by atoms with van der Waals surface area (Å²) in [5, 5.41) is 18.8. The molecule has 3 atom stereocenters. The highest BCUT2D eigenvalue weighted by molar-refractivity contribution is 7.89. The zero-order valence-corrected chi connectivity index (χ0v) is 18.3. The molecule has 2 fully saturated rings. The predicted molar refractivity (Wildman–Crippen MR) is 117 cm³/mol. The molecule has 2 aromatic rings. The van der Waals surface area contributed by atoms with Crippen LogP contribution >= 0.6 is 0 Å². The molecule has 5 rings (SSSR count). The van der Waals surface area contributed by atoms with Crippen LogP contribution in [0.4, 0.5) is 4.39 Å². The van der Waals surface area contributed by atoms with Crippen molar-refractivity contribution in [1.82, 2.24) is 9.62 Å². The van der Waals surface area contributed by atoms with Crippen molar-refractivity contribution in [2.45, 2.75) is 23.0 Å². The molecule has 2 heterocycles. The number of nitrogens with one attached hydrogen (secondary N) is 1. The molecule has 0 aromatic heterocycles. The van der Waals surface area contributed by atoms with E-state index in [0.717, 1.165) is 6.07 Å². The van der Waals surface area contributed by atoms with E-state index in [1.54, 1.807) is 24.3 Å². The third-order valence-electron chi connectivity index (χ3n) is 6.38. The lowest BCUT2D eigenvalue weighted by Gasteiger charge is -2.34. The van der Waals surface area contributed by atoms with Gasteiger partial charge in [0.2, 0.25) is 10.0 Å². The minimum absolute atomic E-state index is 0.0344. The molecule has 3 N–H and O–H groups in total. The van der Waals surface area contributed by atoms with E-state index in [1.165, 1.54) is 18.2 Å². The number of para-hydroxylation sites is 1. The molecule has 2 aromatic carbocycles. The molecule has 8 nitrogen and oxygen atoms in total. The zero-order valence-electron chi connectivity index (χ0n) is 17.5. The number of halogens is 1. The number of aliphatic hydroxyl groups excluding tert-OH is 1. The maximum absolute atomic E-state index is 13.9. The molecule has 174 valence electrons. The van der Waals surface area contributed by atoms with Crippen LogP contribution in [0.25, 0.3) is 6.08 Å². The first kappa shape index (κ1) is 22.0. The predicted octanol–water partition coefficient (Wildman–Crippen LogP) is 1.67. The number of hydrogen-bond acceptors (Lipinski definition) is 6.